The minimum absolute atomic E-state index is 0.295. The van der Waals surface area contributed by atoms with Crippen molar-refractivity contribution in [2.24, 2.45) is 5.73 Å². The molecular formula is C22H29N7O5. The molecule has 4 rings (SSSR count). The number of amides is 1. The molecule has 182 valence electrons. The summed E-state index contributed by atoms with van der Waals surface area (Å²) in [7, 11) is 5.25. The number of hydrogen-bond acceptors (Lipinski definition) is 10. The largest absolute Gasteiger partial charge is 0.497 e. The van der Waals surface area contributed by atoms with Crippen molar-refractivity contribution in [3.05, 3.63) is 42.5 Å². The Kier molecular flexibility index (Phi) is 6.93. The Labute approximate surface area is 196 Å². The number of imidazole rings is 1. The quantitative estimate of drug-likeness (QED) is 0.328. The molecule has 0 aliphatic carbocycles. The maximum atomic E-state index is 12.8. The average Bonchev–Trinajstić information content (AvgIpc) is 3.40. The SMILES string of the molecule is COc1ccc(CC(N)C(=O)N[C@@H]2[C@@H](O)[C@H](n3cnc4c(N(C)C)ncnc43)O[C@@H]2CO)cc1. The number of methoxy groups -OCH3 is 1. The van der Waals surface area contributed by atoms with E-state index in [-0.39, 0.29) is 0 Å². The fourth-order valence-corrected chi connectivity index (χ4v) is 4.04. The third kappa shape index (κ3) is 4.53. The summed E-state index contributed by atoms with van der Waals surface area (Å²) in [4.78, 5) is 27.5. The molecule has 0 bridgehead atoms. The van der Waals surface area contributed by atoms with Crippen LogP contribution in [-0.4, -0.2) is 87.7 Å². The van der Waals surface area contributed by atoms with Crippen molar-refractivity contribution in [1.29, 1.82) is 0 Å². The number of nitrogens with two attached hydrogens (primary N) is 1. The molecule has 12 heteroatoms. The molecule has 2 aromatic heterocycles. The first-order valence-electron chi connectivity index (χ1n) is 10.8. The van der Waals surface area contributed by atoms with E-state index in [0.717, 1.165) is 5.56 Å². The van der Waals surface area contributed by atoms with Crippen molar-refractivity contribution in [3.63, 3.8) is 0 Å². The lowest BCUT2D eigenvalue weighted by atomic mass is 10.0. The van der Waals surface area contributed by atoms with Crippen molar-refractivity contribution < 1.29 is 24.5 Å². The Morgan fingerprint density at radius 3 is 2.68 bits per heavy atom. The number of fused-ring (bicyclic) bond motifs is 1. The summed E-state index contributed by atoms with van der Waals surface area (Å²) in [5, 5.41) is 23.6. The van der Waals surface area contributed by atoms with Gasteiger partial charge in [-0.3, -0.25) is 9.36 Å². The van der Waals surface area contributed by atoms with Crippen molar-refractivity contribution >= 4 is 22.9 Å². The standard InChI is InChI=1S/C22H29N7O5/c1-28(2)19-17-20(25-10-24-19)29(11-26-17)22-18(31)16(15(9-30)34-22)27-21(32)14(23)8-12-4-6-13(33-3)7-5-12/h4-7,10-11,14-16,18,22,30-31H,8-9,23H2,1-3H3,(H,27,32)/t14?,15-,16+,18-,22-/m1/s1. The molecule has 1 aliphatic heterocycles. The molecule has 34 heavy (non-hydrogen) atoms. The van der Waals surface area contributed by atoms with Crippen LogP contribution < -0.4 is 20.7 Å². The highest BCUT2D eigenvalue weighted by molar-refractivity contribution is 5.83. The molecule has 5 N–H and O–H groups in total. The van der Waals surface area contributed by atoms with Gasteiger partial charge < -0.3 is 35.6 Å². The minimum atomic E-state index is -1.18. The number of hydrogen-bond donors (Lipinski definition) is 4. The lowest BCUT2D eigenvalue weighted by Crippen LogP contribution is -2.53. The number of rotatable bonds is 8. The van der Waals surface area contributed by atoms with Crippen LogP contribution in [0.15, 0.2) is 36.9 Å². The third-order valence-electron chi connectivity index (χ3n) is 5.85. The zero-order valence-electron chi connectivity index (χ0n) is 19.2. The Morgan fingerprint density at radius 2 is 2.03 bits per heavy atom. The lowest BCUT2D eigenvalue weighted by molar-refractivity contribution is -0.124. The molecule has 1 unspecified atom stereocenters. The smallest absolute Gasteiger partial charge is 0.237 e. The molecule has 0 saturated carbocycles. The highest BCUT2D eigenvalue weighted by atomic mass is 16.5. The maximum Gasteiger partial charge on any atom is 0.237 e. The number of anilines is 1. The Morgan fingerprint density at radius 1 is 1.29 bits per heavy atom. The molecule has 12 nitrogen and oxygen atoms in total. The second-order valence-electron chi connectivity index (χ2n) is 8.35. The molecule has 1 aromatic carbocycles. The van der Waals surface area contributed by atoms with Crippen molar-refractivity contribution in [3.8, 4) is 5.75 Å². The number of nitrogens with zero attached hydrogens (tertiary/aromatic N) is 5. The average molecular weight is 472 g/mol. The molecule has 5 atom stereocenters. The van der Waals surface area contributed by atoms with Crippen LogP contribution in [0.4, 0.5) is 5.82 Å². The summed E-state index contributed by atoms with van der Waals surface area (Å²) in [6.07, 6.45) is 0.250. The number of carbonyl (C=O) groups is 1. The van der Waals surface area contributed by atoms with Gasteiger partial charge in [0.05, 0.1) is 32.1 Å². The van der Waals surface area contributed by atoms with Gasteiger partial charge >= 0.3 is 0 Å². The summed E-state index contributed by atoms with van der Waals surface area (Å²) >= 11 is 0. The fraction of sp³-hybridized carbons (Fsp3) is 0.455. The van der Waals surface area contributed by atoms with Gasteiger partial charge in [0.2, 0.25) is 5.91 Å². The predicted molar refractivity (Wildman–Crippen MR) is 123 cm³/mol. The minimum Gasteiger partial charge on any atom is -0.497 e. The number of benzene rings is 1. The van der Waals surface area contributed by atoms with Crippen LogP contribution in [0.2, 0.25) is 0 Å². The highest BCUT2D eigenvalue weighted by Gasteiger charge is 2.46. The summed E-state index contributed by atoms with van der Waals surface area (Å²) in [5.41, 5.74) is 7.98. The molecule has 3 heterocycles. The van der Waals surface area contributed by atoms with Crippen LogP contribution in [0.25, 0.3) is 11.2 Å². The van der Waals surface area contributed by atoms with Crippen LogP contribution in [0.3, 0.4) is 0 Å². The number of carbonyl (C=O) groups excluding carboxylic acids is 1. The summed E-state index contributed by atoms with van der Waals surface area (Å²) in [6.45, 7) is -0.406. The first kappa shape index (κ1) is 23.8. The summed E-state index contributed by atoms with van der Waals surface area (Å²) in [5.74, 6) is 0.861. The van der Waals surface area contributed by atoms with E-state index in [2.05, 4.69) is 20.3 Å². The van der Waals surface area contributed by atoms with E-state index in [1.54, 1.807) is 28.7 Å². The van der Waals surface area contributed by atoms with Gasteiger partial charge in [0.1, 0.15) is 24.3 Å². The van der Waals surface area contributed by atoms with Gasteiger partial charge in [0.25, 0.3) is 0 Å². The van der Waals surface area contributed by atoms with E-state index in [0.29, 0.717) is 29.2 Å². The monoisotopic (exact) mass is 471 g/mol. The maximum absolute atomic E-state index is 12.8. The first-order chi connectivity index (χ1) is 16.3. The molecular weight excluding hydrogens is 442 g/mol. The zero-order valence-corrected chi connectivity index (χ0v) is 19.2. The number of aliphatic hydroxyl groups is 2. The van der Waals surface area contributed by atoms with Gasteiger partial charge in [0, 0.05) is 14.1 Å². The van der Waals surface area contributed by atoms with Gasteiger partial charge in [-0.05, 0) is 24.1 Å². The van der Waals surface area contributed by atoms with Gasteiger partial charge in [-0.2, -0.15) is 0 Å². The topological polar surface area (TPSA) is 161 Å². The molecule has 3 aromatic rings. The third-order valence-corrected chi connectivity index (χ3v) is 5.85. The van der Waals surface area contributed by atoms with Crippen molar-refractivity contribution in [2.75, 3.05) is 32.7 Å². The van der Waals surface area contributed by atoms with E-state index < -0.39 is 43.0 Å². The summed E-state index contributed by atoms with van der Waals surface area (Å²) < 4.78 is 12.6. The Bertz CT molecular complexity index is 1140. The number of ether oxygens (including phenoxy) is 2. The Hall–Kier alpha value is -3.32. The van der Waals surface area contributed by atoms with Crippen LogP contribution in [0, 0.1) is 0 Å². The van der Waals surface area contributed by atoms with Gasteiger partial charge in [-0.1, -0.05) is 12.1 Å². The van der Waals surface area contributed by atoms with Gasteiger partial charge in [-0.25, -0.2) is 15.0 Å². The van der Waals surface area contributed by atoms with E-state index in [1.807, 2.05) is 26.2 Å². The van der Waals surface area contributed by atoms with E-state index in [9.17, 15) is 15.0 Å². The van der Waals surface area contributed by atoms with E-state index in [1.165, 1.54) is 12.7 Å². The number of aromatic nitrogens is 4. The normalized spacial score (nSPS) is 23.1. The molecule has 1 saturated heterocycles. The van der Waals surface area contributed by atoms with Crippen LogP contribution >= 0.6 is 0 Å². The highest BCUT2D eigenvalue weighted by Crippen LogP contribution is 2.32. The predicted octanol–water partition coefficient (Wildman–Crippen LogP) is -0.794. The summed E-state index contributed by atoms with van der Waals surface area (Å²) in [6, 6.07) is 5.52. The molecule has 1 amide bonds. The lowest BCUT2D eigenvalue weighted by Gasteiger charge is -2.23. The van der Waals surface area contributed by atoms with Crippen molar-refractivity contribution in [2.45, 2.75) is 36.9 Å². The molecule has 0 radical (unpaired) electrons. The fourth-order valence-electron chi connectivity index (χ4n) is 4.04. The molecule has 1 fully saturated rings. The van der Waals surface area contributed by atoms with E-state index in [4.69, 9.17) is 15.2 Å². The molecule has 1 aliphatic rings. The number of aliphatic hydroxyl groups excluding tert-OH is 2. The Balaban J connectivity index is 1.49. The second kappa shape index (κ2) is 9.89. The first-order valence-corrected chi connectivity index (χ1v) is 10.8. The van der Waals surface area contributed by atoms with E-state index >= 15 is 0 Å². The zero-order chi connectivity index (χ0) is 24.4. The van der Waals surface area contributed by atoms with Crippen LogP contribution in [0.1, 0.15) is 11.8 Å². The second-order valence-corrected chi connectivity index (χ2v) is 8.35. The van der Waals surface area contributed by atoms with Crippen LogP contribution in [0.5, 0.6) is 5.75 Å². The van der Waals surface area contributed by atoms with Crippen LogP contribution in [-0.2, 0) is 16.0 Å². The number of nitrogens with one attached hydrogen (secondary N) is 1. The van der Waals surface area contributed by atoms with Gasteiger partial charge in [0.15, 0.2) is 23.2 Å². The van der Waals surface area contributed by atoms with Crippen molar-refractivity contribution in [1.82, 2.24) is 24.8 Å². The van der Waals surface area contributed by atoms with Gasteiger partial charge in [-0.15, -0.1) is 0 Å². The molecule has 0 spiro atoms.